The molecule has 0 bridgehead atoms. The van der Waals surface area contributed by atoms with Crippen LogP contribution in [0.15, 0.2) is 97.2 Å². The van der Waals surface area contributed by atoms with E-state index < -0.39 is 18.1 Å². The second-order valence-corrected chi connectivity index (χ2v) is 15.9. The summed E-state index contributed by atoms with van der Waals surface area (Å²) < 4.78 is 17.2. The van der Waals surface area contributed by atoms with Crippen molar-refractivity contribution in [2.75, 3.05) is 41.0 Å². The van der Waals surface area contributed by atoms with Gasteiger partial charge in [-0.25, -0.2) is 4.79 Å². The van der Waals surface area contributed by atoms with Crippen LogP contribution in [0.3, 0.4) is 0 Å². The van der Waals surface area contributed by atoms with Gasteiger partial charge in [0.2, 0.25) is 0 Å². The molecular weight excluding hydrogens is 739 g/mol. The first kappa shape index (κ1) is 55.2. The second-order valence-electron chi connectivity index (χ2n) is 15.9. The number of carboxylic acid groups (broad SMARTS) is 1. The maximum Gasteiger partial charge on any atom is 0.362 e. The summed E-state index contributed by atoms with van der Waals surface area (Å²) in [6.07, 6.45) is 54.7. The molecule has 334 valence electrons. The number of hydrogen-bond donors (Lipinski definition) is 1. The molecule has 0 aromatic heterocycles. The summed E-state index contributed by atoms with van der Waals surface area (Å²) in [6, 6.07) is -0.634. The molecule has 1 N–H and O–H groups in total. The number of quaternary nitrogens is 1. The van der Waals surface area contributed by atoms with E-state index >= 15 is 0 Å². The Bertz CT molecular complexity index is 1280. The lowest BCUT2D eigenvalue weighted by molar-refractivity contribution is -0.887. The van der Waals surface area contributed by atoms with Crippen LogP contribution in [0, 0.1) is 0 Å². The van der Waals surface area contributed by atoms with Crippen molar-refractivity contribution in [2.24, 2.45) is 0 Å². The van der Waals surface area contributed by atoms with E-state index in [1.165, 1.54) is 38.5 Å². The van der Waals surface area contributed by atoms with Gasteiger partial charge in [0.05, 0.1) is 34.4 Å². The van der Waals surface area contributed by atoms with Crippen molar-refractivity contribution in [3.8, 4) is 0 Å². The van der Waals surface area contributed by atoms with E-state index in [-0.39, 0.29) is 42.7 Å². The van der Waals surface area contributed by atoms with Crippen LogP contribution < -0.4 is 0 Å². The van der Waals surface area contributed by atoms with Gasteiger partial charge in [0.15, 0.2) is 12.1 Å². The summed E-state index contributed by atoms with van der Waals surface area (Å²) >= 11 is 0. The molecule has 59 heavy (non-hydrogen) atoms. The number of aliphatic carboxylic acids is 1. The van der Waals surface area contributed by atoms with Gasteiger partial charge in [-0.1, -0.05) is 150 Å². The van der Waals surface area contributed by atoms with Gasteiger partial charge >= 0.3 is 17.9 Å². The zero-order chi connectivity index (χ0) is 43.5. The Kier molecular flexibility index (Phi) is 38.4. The number of esters is 2. The van der Waals surface area contributed by atoms with Crippen molar-refractivity contribution in [3.63, 3.8) is 0 Å². The molecule has 0 saturated carbocycles. The lowest BCUT2D eigenvalue weighted by atomic mass is 10.1. The predicted molar refractivity (Wildman–Crippen MR) is 247 cm³/mol. The minimum Gasteiger partial charge on any atom is -0.477 e. The van der Waals surface area contributed by atoms with Crippen LogP contribution in [0.5, 0.6) is 0 Å². The molecule has 0 rings (SSSR count). The molecule has 0 aromatic rings. The first-order valence-corrected chi connectivity index (χ1v) is 22.8. The van der Waals surface area contributed by atoms with Crippen molar-refractivity contribution in [2.45, 2.75) is 167 Å². The zero-order valence-corrected chi connectivity index (χ0v) is 37.9. The fourth-order valence-electron chi connectivity index (χ4n) is 5.97. The number of rotatable bonds is 39. The smallest absolute Gasteiger partial charge is 0.362 e. The van der Waals surface area contributed by atoms with Crippen LogP contribution in [0.25, 0.3) is 0 Å². The quantitative estimate of drug-likeness (QED) is 0.0285. The molecule has 0 spiro atoms. The molecule has 0 aromatic carbocycles. The van der Waals surface area contributed by atoms with Crippen LogP contribution >= 0.6 is 0 Å². The minimum atomic E-state index is -0.892. The van der Waals surface area contributed by atoms with Gasteiger partial charge in [-0.2, -0.15) is 0 Å². The third-order valence-electron chi connectivity index (χ3n) is 9.48. The van der Waals surface area contributed by atoms with E-state index in [4.69, 9.17) is 14.2 Å². The van der Waals surface area contributed by atoms with E-state index in [1.807, 2.05) is 27.2 Å². The van der Waals surface area contributed by atoms with Crippen LogP contribution in [-0.4, -0.2) is 80.6 Å². The van der Waals surface area contributed by atoms with E-state index in [9.17, 15) is 19.5 Å². The van der Waals surface area contributed by atoms with E-state index in [1.54, 1.807) is 0 Å². The lowest BCUT2D eigenvalue weighted by Gasteiger charge is -2.31. The molecule has 8 heteroatoms. The van der Waals surface area contributed by atoms with Gasteiger partial charge in [-0.15, -0.1) is 0 Å². The van der Waals surface area contributed by atoms with E-state index in [0.29, 0.717) is 19.3 Å². The number of likely N-dealkylation sites (N-methyl/N-ethyl adjacent to an activating group) is 1. The summed E-state index contributed by atoms with van der Waals surface area (Å²) in [5.41, 5.74) is 0. The molecule has 8 nitrogen and oxygen atoms in total. The van der Waals surface area contributed by atoms with Gasteiger partial charge in [0, 0.05) is 19.3 Å². The molecule has 0 aliphatic rings. The Morgan fingerprint density at radius 2 is 0.983 bits per heavy atom. The number of carboxylic acids is 1. The van der Waals surface area contributed by atoms with Crippen LogP contribution in [-0.2, 0) is 28.6 Å². The van der Waals surface area contributed by atoms with Crippen molar-refractivity contribution >= 4 is 17.9 Å². The van der Waals surface area contributed by atoms with Crippen LogP contribution in [0.2, 0.25) is 0 Å². The van der Waals surface area contributed by atoms with Crippen molar-refractivity contribution in [3.05, 3.63) is 97.2 Å². The second kappa shape index (κ2) is 41.0. The SMILES string of the molecule is CC/C=C/C/C=C/C/C=C/C/C=C/C/C=C/C/C=C/CCCCCC(=O)OCC(COCCC(C(=O)O)[N+](C)(C)C)OC(=O)CC/C=C/C/C=C/CCCCCCCC. The summed E-state index contributed by atoms with van der Waals surface area (Å²) in [7, 11) is 5.49. The van der Waals surface area contributed by atoms with E-state index in [0.717, 1.165) is 77.0 Å². The van der Waals surface area contributed by atoms with Gasteiger partial charge in [0.1, 0.15) is 6.61 Å². The van der Waals surface area contributed by atoms with Gasteiger partial charge in [-0.3, -0.25) is 9.59 Å². The lowest BCUT2D eigenvalue weighted by Crippen LogP contribution is -2.50. The molecule has 0 heterocycles. The monoisotopic (exact) mass is 823 g/mol. The van der Waals surface area contributed by atoms with Crippen molar-refractivity contribution in [1.82, 2.24) is 0 Å². The van der Waals surface area contributed by atoms with E-state index in [2.05, 4.69) is 105 Å². The third kappa shape index (κ3) is 39.5. The number of carbonyl (C=O) groups is 3. The number of hydrogen-bond acceptors (Lipinski definition) is 6. The molecule has 0 radical (unpaired) electrons. The molecule has 0 fully saturated rings. The minimum absolute atomic E-state index is 0.0215. The molecule has 0 aliphatic carbocycles. The Hall–Kier alpha value is -3.75. The Labute approximate surface area is 360 Å². The summed E-state index contributed by atoms with van der Waals surface area (Å²) in [4.78, 5) is 36.9. The number of nitrogens with zero attached hydrogens (tertiary/aromatic N) is 1. The van der Waals surface area contributed by atoms with Gasteiger partial charge in [-0.05, 0) is 83.5 Å². The average molecular weight is 823 g/mol. The van der Waals surface area contributed by atoms with Crippen molar-refractivity contribution in [1.29, 1.82) is 0 Å². The molecule has 2 unspecified atom stereocenters. The number of ether oxygens (including phenoxy) is 3. The molecule has 0 saturated heterocycles. The largest absolute Gasteiger partial charge is 0.477 e. The van der Waals surface area contributed by atoms with Crippen molar-refractivity contribution < 1.29 is 38.2 Å². The van der Waals surface area contributed by atoms with Crippen LogP contribution in [0.1, 0.15) is 155 Å². The first-order chi connectivity index (χ1) is 28.6. The molecule has 0 aliphatic heterocycles. The molecular formula is C51H84NO7+. The number of allylic oxidation sites excluding steroid dienone is 16. The fourth-order valence-corrected chi connectivity index (χ4v) is 5.97. The maximum absolute atomic E-state index is 12.7. The molecule has 2 atom stereocenters. The number of unbranched alkanes of at least 4 members (excludes halogenated alkanes) is 9. The zero-order valence-electron chi connectivity index (χ0n) is 37.9. The Morgan fingerprint density at radius 1 is 0.525 bits per heavy atom. The average Bonchev–Trinajstić information content (AvgIpc) is 3.19. The highest BCUT2D eigenvalue weighted by molar-refractivity contribution is 5.72. The van der Waals surface area contributed by atoms with Crippen LogP contribution in [0.4, 0.5) is 0 Å². The Morgan fingerprint density at radius 3 is 1.47 bits per heavy atom. The third-order valence-corrected chi connectivity index (χ3v) is 9.48. The molecule has 0 amide bonds. The first-order valence-electron chi connectivity index (χ1n) is 22.8. The number of carbonyl (C=O) groups excluding carboxylic acids is 2. The topological polar surface area (TPSA) is 99.1 Å². The highest BCUT2D eigenvalue weighted by Crippen LogP contribution is 2.11. The summed E-state index contributed by atoms with van der Waals surface area (Å²) in [6.45, 7) is 4.49. The van der Waals surface area contributed by atoms with Gasteiger partial charge < -0.3 is 23.8 Å². The highest BCUT2D eigenvalue weighted by atomic mass is 16.6. The summed E-state index contributed by atoms with van der Waals surface area (Å²) in [5.74, 6) is -1.61. The van der Waals surface area contributed by atoms with Gasteiger partial charge in [0.25, 0.3) is 0 Å². The predicted octanol–water partition coefficient (Wildman–Crippen LogP) is 12.7. The fraction of sp³-hybridized carbons (Fsp3) is 0.627. The Balaban J connectivity index is 4.44. The normalized spacial score (nSPS) is 13.8. The highest BCUT2D eigenvalue weighted by Gasteiger charge is 2.31. The maximum atomic E-state index is 12.7. The standard InChI is InChI=1S/C51H83NO7/c1-6-8-10-12-14-16-18-20-21-22-23-24-25-26-27-28-30-31-33-35-37-39-41-49(53)58-46-47(45-57-44-43-48(51(55)56)52(3,4)5)59-50(54)42-40-38-36-34-32-29-19-17-15-13-11-9-7-2/h8,10,14,16,20-21,23-24,26-27,29-32,36,38,47-48H,6-7,9,11-13,15,17-19,22,25,28,33-35,37,39-46H2,1-5H3/p+1/b10-8+,16-14+,21-20+,24-23+,27-26+,31-30+,32-29+,38-36+. The summed E-state index contributed by atoms with van der Waals surface area (Å²) in [5, 5.41) is 9.62.